The summed E-state index contributed by atoms with van der Waals surface area (Å²) in [7, 11) is 1.50. The van der Waals surface area contributed by atoms with E-state index in [0.717, 1.165) is 5.56 Å². The van der Waals surface area contributed by atoms with Gasteiger partial charge in [0, 0.05) is 5.56 Å². The van der Waals surface area contributed by atoms with E-state index in [-0.39, 0.29) is 0 Å². The first-order valence-electron chi connectivity index (χ1n) is 3.36. The molecule has 0 atom stereocenters. The summed E-state index contributed by atoms with van der Waals surface area (Å²) >= 11 is 5.91. The Labute approximate surface area is 75.6 Å². The fourth-order valence-corrected chi connectivity index (χ4v) is 0.967. The molecule has 0 aliphatic carbocycles. The smallest absolute Gasteiger partial charge is 0.127 e. The number of pyridine rings is 1. The van der Waals surface area contributed by atoms with Crippen molar-refractivity contribution in [1.82, 2.24) is 4.98 Å². The topological polar surface area (TPSA) is 60.2 Å². The number of hydrogen-bond acceptors (Lipinski definition) is 4. The Kier molecular flexibility index (Phi) is 2.73. The first-order valence-corrected chi connectivity index (χ1v) is 3.74. The molecule has 4 nitrogen and oxygen atoms in total. The zero-order valence-electron chi connectivity index (χ0n) is 6.89. The van der Waals surface area contributed by atoms with Gasteiger partial charge in [0.1, 0.15) is 5.82 Å². The molecule has 1 aromatic rings. The van der Waals surface area contributed by atoms with Crippen molar-refractivity contribution in [2.24, 2.45) is 0 Å². The monoisotopic (exact) mass is 187 g/mol. The van der Waals surface area contributed by atoms with Gasteiger partial charge >= 0.3 is 0 Å². The number of halogens is 1. The lowest BCUT2D eigenvalue weighted by Gasteiger charge is -2.08. The number of nitrogens with zero attached hydrogens (tertiary/aromatic N) is 1. The van der Waals surface area contributed by atoms with E-state index in [4.69, 9.17) is 17.3 Å². The summed E-state index contributed by atoms with van der Waals surface area (Å²) in [5.41, 5.74) is 9.48. The second kappa shape index (κ2) is 3.60. The molecule has 0 fully saturated rings. The fourth-order valence-electron chi connectivity index (χ4n) is 0.783. The van der Waals surface area contributed by atoms with E-state index >= 15 is 0 Å². The standard InChI is InChI=1S/C7H10ClN3O/c1-4-6(8)5(11-12-2)3-10-7(4)9/h3,11H,1-2H3,(H2,9,10). The normalized spacial score (nSPS) is 9.92. The Balaban J connectivity index is 3.08. The average Bonchev–Trinajstić information content (AvgIpc) is 2.07. The minimum absolute atomic E-state index is 0.432. The van der Waals surface area contributed by atoms with Crippen LogP contribution in [0.15, 0.2) is 6.20 Å². The van der Waals surface area contributed by atoms with Gasteiger partial charge < -0.3 is 5.73 Å². The molecule has 0 unspecified atom stereocenters. The number of anilines is 2. The quantitative estimate of drug-likeness (QED) is 0.691. The minimum atomic E-state index is 0.432. The summed E-state index contributed by atoms with van der Waals surface area (Å²) in [5.74, 6) is 0.432. The van der Waals surface area contributed by atoms with E-state index in [9.17, 15) is 0 Å². The van der Waals surface area contributed by atoms with Crippen molar-refractivity contribution in [3.05, 3.63) is 16.8 Å². The molecule has 0 amide bonds. The van der Waals surface area contributed by atoms with Crippen LogP contribution in [-0.4, -0.2) is 12.1 Å². The van der Waals surface area contributed by atoms with Crippen LogP contribution in [0.2, 0.25) is 5.02 Å². The first-order chi connectivity index (χ1) is 5.66. The van der Waals surface area contributed by atoms with Gasteiger partial charge in [-0.25, -0.2) is 4.98 Å². The molecule has 1 aromatic heterocycles. The van der Waals surface area contributed by atoms with Crippen LogP contribution in [0.4, 0.5) is 11.5 Å². The van der Waals surface area contributed by atoms with Crippen molar-refractivity contribution >= 4 is 23.1 Å². The summed E-state index contributed by atoms with van der Waals surface area (Å²) in [6.07, 6.45) is 1.52. The van der Waals surface area contributed by atoms with Crippen molar-refractivity contribution in [3.8, 4) is 0 Å². The number of hydrogen-bond donors (Lipinski definition) is 2. The van der Waals surface area contributed by atoms with Gasteiger partial charge in [-0.1, -0.05) is 11.6 Å². The predicted octanol–water partition coefficient (Wildman–Crippen LogP) is 1.60. The van der Waals surface area contributed by atoms with Crippen LogP contribution < -0.4 is 11.2 Å². The van der Waals surface area contributed by atoms with Gasteiger partial charge in [-0.05, 0) is 6.92 Å². The van der Waals surface area contributed by atoms with E-state index in [1.807, 2.05) is 0 Å². The zero-order valence-corrected chi connectivity index (χ0v) is 7.64. The highest BCUT2D eigenvalue weighted by atomic mass is 35.5. The number of aromatic nitrogens is 1. The van der Waals surface area contributed by atoms with E-state index < -0.39 is 0 Å². The number of nitrogens with two attached hydrogens (primary N) is 1. The highest BCUT2D eigenvalue weighted by Gasteiger charge is 2.06. The lowest BCUT2D eigenvalue weighted by atomic mass is 10.2. The van der Waals surface area contributed by atoms with Crippen LogP contribution >= 0.6 is 11.6 Å². The zero-order chi connectivity index (χ0) is 9.14. The SMILES string of the molecule is CONc1cnc(N)c(C)c1Cl. The van der Waals surface area contributed by atoms with Crippen LogP contribution in [0.1, 0.15) is 5.56 Å². The molecule has 66 valence electrons. The minimum Gasteiger partial charge on any atom is -0.383 e. The molecule has 1 rings (SSSR count). The number of nitrogen functional groups attached to an aromatic ring is 1. The molecule has 0 saturated heterocycles. The van der Waals surface area contributed by atoms with Crippen LogP contribution in [0, 0.1) is 6.92 Å². The Morgan fingerprint density at radius 1 is 1.67 bits per heavy atom. The second-order valence-corrected chi connectivity index (χ2v) is 2.68. The fraction of sp³-hybridized carbons (Fsp3) is 0.286. The molecule has 12 heavy (non-hydrogen) atoms. The molecule has 0 spiro atoms. The maximum absolute atomic E-state index is 5.91. The lowest BCUT2D eigenvalue weighted by Crippen LogP contribution is -2.01. The number of nitrogens with one attached hydrogen (secondary N) is 1. The highest BCUT2D eigenvalue weighted by molar-refractivity contribution is 6.34. The average molecular weight is 188 g/mol. The van der Waals surface area contributed by atoms with Crippen LogP contribution in [-0.2, 0) is 4.84 Å². The lowest BCUT2D eigenvalue weighted by molar-refractivity contribution is 0.271. The Bertz CT molecular complexity index is 290. The molecule has 0 saturated carbocycles. The summed E-state index contributed by atoms with van der Waals surface area (Å²) in [5, 5.41) is 0.532. The van der Waals surface area contributed by atoms with Crippen LogP contribution in [0.5, 0.6) is 0 Å². The first kappa shape index (κ1) is 9.09. The van der Waals surface area contributed by atoms with Crippen LogP contribution in [0.3, 0.4) is 0 Å². The Morgan fingerprint density at radius 2 is 2.33 bits per heavy atom. The summed E-state index contributed by atoms with van der Waals surface area (Å²) in [6, 6.07) is 0. The van der Waals surface area contributed by atoms with Crippen molar-refractivity contribution in [1.29, 1.82) is 0 Å². The summed E-state index contributed by atoms with van der Waals surface area (Å²) < 4.78 is 0. The van der Waals surface area contributed by atoms with Gasteiger partial charge in [0.25, 0.3) is 0 Å². The Morgan fingerprint density at radius 3 is 2.92 bits per heavy atom. The molecule has 1 heterocycles. The predicted molar refractivity (Wildman–Crippen MR) is 49.0 cm³/mol. The van der Waals surface area contributed by atoms with Crippen molar-refractivity contribution < 1.29 is 4.84 Å². The molecular formula is C7H10ClN3O. The second-order valence-electron chi connectivity index (χ2n) is 2.30. The third kappa shape index (κ3) is 1.60. The molecule has 0 bridgehead atoms. The van der Waals surface area contributed by atoms with Gasteiger partial charge in [-0.2, -0.15) is 0 Å². The van der Waals surface area contributed by atoms with E-state index in [1.54, 1.807) is 6.92 Å². The van der Waals surface area contributed by atoms with Gasteiger partial charge in [0.2, 0.25) is 0 Å². The largest absolute Gasteiger partial charge is 0.383 e. The molecule has 0 aromatic carbocycles. The van der Waals surface area contributed by atoms with Crippen LogP contribution in [0.25, 0.3) is 0 Å². The van der Waals surface area contributed by atoms with Gasteiger partial charge in [-0.15, -0.1) is 0 Å². The van der Waals surface area contributed by atoms with Crippen molar-refractivity contribution in [2.45, 2.75) is 6.92 Å². The van der Waals surface area contributed by atoms with E-state index in [2.05, 4.69) is 15.3 Å². The molecule has 0 aliphatic rings. The van der Waals surface area contributed by atoms with Crippen molar-refractivity contribution in [2.75, 3.05) is 18.3 Å². The van der Waals surface area contributed by atoms with Gasteiger partial charge in [-0.3, -0.25) is 10.3 Å². The molecule has 0 aliphatic heterocycles. The van der Waals surface area contributed by atoms with Gasteiger partial charge in [0.15, 0.2) is 0 Å². The van der Waals surface area contributed by atoms with Crippen molar-refractivity contribution in [3.63, 3.8) is 0 Å². The Hall–Kier alpha value is -1.00. The van der Waals surface area contributed by atoms with E-state index in [1.165, 1.54) is 13.3 Å². The highest BCUT2D eigenvalue weighted by Crippen LogP contribution is 2.27. The maximum Gasteiger partial charge on any atom is 0.127 e. The third-order valence-corrected chi connectivity index (χ3v) is 1.98. The third-order valence-electron chi connectivity index (χ3n) is 1.49. The summed E-state index contributed by atoms with van der Waals surface area (Å²) in [4.78, 5) is 8.60. The summed E-state index contributed by atoms with van der Waals surface area (Å²) in [6.45, 7) is 1.80. The molecule has 3 N–H and O–H groups in total. The molecule has 5 heteroatoms. The maximum atomic E-state index is 5.91. The number of rotatable bonds is 2. The van der Waals surface area contributed by atoms with E-state index in [0.29, 0.717) is 16.5 Å². The molecular weight excluding hydrogens is 178 g/mol. The van der Waals surface area contributed by atoms with Gasteiger partial charge in [0.05, 0.1) is 24.0 Å². The molecule has 0 radical (unpaired) electrons.